The highest BCUT2D eigenvalue weighted by Gasteiger charge is 2.31. The maximum atomic E-state index is 14.5. The van der Waals surface area contributed by atoms with Crippen LogP contribution < -0.4 is 15.4 Å². The van der Waals surface area contributed by atoms with Crippen molar-refractivity contribution in [3.05, 3.63) is 71.4 Å². The summed E-state index contributed by atoms with van der Waals surface area (Å²) in [4.78, 5) is 10.6. The first-order valence-corrected chi connectivity index (χ1v) is 11.1. The second-order valence-electron chi connectivity index (χ2n) is 8.64. The van der Waals surface area contributed by atoms with Gasteiger partial charge in [0.25, 0.3) is 0 Å². The van der Waals surface area contributed by atoms with Crippen LogP contribution in [-0.4, -0.2) is 47.4 Å². The highest BCUT2D eigenvalue weighted by atomic mass is 19.1. The predicted molar refractivity (Wildman–Crippen MR) is 123 cm³/mol. The molecule has 6 nitrogen and oxygen atoms in total. The number of piperidine rings is 1. The molecule has 0 spiro atoms. The molecule has 9 heteroatoms. The van der Waals surface area contributed by atoms with Crippen molar-refractivity contribution in [2.45, 2.75) is 31.9 Å². The molecule has 1 aromatic carbocycles. The molecule has 0 saturated carbocycles. The van der Waals surface area contributed by atoms with Crippen LogP contribution in [0.15, 0.2) is 42.7 Å². The average molecular weight is 473 g/mol. The number of aromatic nitrogens is 2. The van der Waals surface area contributed by atoms with Crippen LogP contribution in [0.5, 0.6) is 5.75 Å². The highest BCUT2D eigenvalue weighted by molar-refractivity contribution is 5.63. The number of nitrogens with two attached hydrogens (primary N) is 1. The van der Waals surface area contributed by atoms with E-state index in [4.69, 9.17) is 10.5 Å². The van der Waals surface area contributed by atoms with E-state index in [0.29, 0.717) is 31.6 Å². The zero-order valence-electron chi connectivity index (χ0n) is 19.0. The van der Waals surface area contributed by atoms with Crippen LogP contribution >= 0.6 is 0 Å². The maximum absolute atomic E-state index is 14.5. The van der Waals surface area contributed by atoms with Crippen LogP contribution in [0.1, 0.15) is 18.2 Å². The Kier molecular flexibility index (Phi) is 7.04. The van der Waals surface area contributed by atoms with Gasteiger partial charge in [-0.25, -0.2) is 18.2 Å². The fourth-order valence-corrected chi connectivity index (χ4v) is 4.39. The fraction of sp³-hybridized carbons (Fsp3) is 0.360. The third-order valence-corrected chi connectivity index (χ3v) is 6.22. The van der Waals surface area contributed by atoms with Crippen molar-refractivity contribution in [3.63, 3.8) is 0 Å². The molecule has 34 heavy (non-hydrogen) atoms. The summed E-state index contributed by atoms with van der Waals surface area (Å²) < 4.78 is 48.4. The third kappa shape index (κ3) is 4.85. The summed E-state index contributed by atoms with van der Waals surface area (Å²) >= 11 is 0. The number of benzene rings is 1. The van der Waals surface area contributed by atoms with E-state index in [2.05, 4.69) is 14.9 Å². The quantitative estimate of drug-likeness (QED) is 0.571. The van der Waals surface area contributed by atoms with Crippen molar-refractivity contribution in [2.75, 3.05) is 25.1 Å². The van der Waals surface area contributed by atoms with Gasteiger partial charge in [-0.1, -0.05) is 6.92 Å². The molecule has 1 saturated heterocycles. The number of nitrogens with zero attached hydrogens (tertiary/aromatic N) is 3. The molecule has 180 valence electrons. The number of aliphatic hydroxyl groups excluding tert-OH is 1. The Balaban J connectivity index is 1.58. The lowest BCUT2D eigenvalue weighted by Gasteiger charge is -2.40. The summed E-state index contributed by atoms with van der Waals surface area (Å²) in [6.45, 7) is 3.12. The van der Waals surface area contributed by atoms with Crippen molar-refractivity contribution >= 4 is 5.69 Å². The first-order chi connectivity index (χ1) is 16.3. The highest BCUT2D eigenvalue weighted by Crippen LogP contribution is 2.31. The van der Waals surface area contributed by atoms with Gasteiger partial charge in [-0.2, -0.15) is 0 Å². The smallest absolute Gasteiger partial charge is 0.149 e. The molecular formula is C25H27F3N4O2. The lowest BCUT2D eigenvalue weighted by molar-refractivity contribution is 0.0784. The molecule has 0 aliphatic carbocycles. The van der Waals surface area contributed by atoms with Gasteiger partial charge in [0, 0.05) is 61.0 Å². The molecule has 0 bridgehead atoms. The molecule has 1 aliphatic heterocycles. The molecule has 4 rings (SSSR count). The number of hydrogen-bond donors (Lipinski definition) is 2. The Morgan fingerprint density at radius 3 is 2.50 bits per heavy atom. The van der Waals surface area contributed by atoms with Gasteiger partial charge in [0.15, 0.2) is 0 Å². The topological polar surface area (TPSA) is 84.5 Å². The van der Waals surface area contributed by atoms with Crippen molar-refractivity contribution in [2.24, 2.45) is 11.7 Å². The van der Waals surface area contributed by atoms with Crippen LogP contribution in [0.3, 0.4) is 0 Å². The minimum Gasteiger partial charge on any atom is -0.497 e. The van der Waals surface area contributed by atoms with Crippen molar-refractivity contribution in [1.82, 2.24) is 9.97 Å². The number of aliphatic hydroxyl groups is 1. The largest absolute Gasteiger partial charge is 0.497 e. The Labute approximate surface area is 196 Å². The number of pyridine rings is 2. The van der Waals surface area contributed by atoms with Gasteiger partial charge in [0.2, 0.25) is 0 Å². The minimum atomic E-state index is -0.951. The molecule has 1 fully saturated rings. The Morgan fingerprint density at radius 1 is 1.09 bits per heavy atom. The number of halogens is 3. The van der Waals surface area contributed by atoms with E-state index in [0.717, 1.165) is 29.4 Å². The van der Waals surface area contributed by atoms with Crippen LogP contribution in [-0.2, 0) is 12.8 Å². The second kappa shape index (κ2) is 9.99. The molecule has 3 N–H and O–H groups in total. The Hall–Kier alpha value is -3.17. The number of ether oxygens (including phenoxy) is 1. The van der Waals surface area contributed by atoms with Crippen LogP contribution in [0.2, 0.25) is 0 Å². The summed E-state index contributed by atoms with van der Waals surface area (Å²) in [7, 11) is 1.29. The summed E-state index contributed by atoms with van der Waals surface area (Å²) in [6, 6.07) is 6.20. The van der Waals surface area contributed by atoms with Crippen molar-refractivity contribution < 1.29 is 23.0 Å². The number of methoxy groups -OCH3 is 1. The van der Waals surface area contributed by atoms with E-state index in [-0.39, 0.29) is 23.4 Å². The van der Waals surface area contributed by atoms with Gasteiger partial charge in [-0.15, -0.1) is 0 Å². The summed E-state index contributed by atoms with van der Waals surface area (Å²) in [5.74, 6) is -2.71. The maximum Gasteiger partial charge on any atom is 0.149 e. The number of aryl methyl sites for hydroxylation is 2. The molecule has 0 unspecified atom stereocenters. The van der Waals surface area contributed by atoms with E-state index in [1.807, 2.05) is 13.0 Å². The molecule has 3 heterocycles. The molecule has 2 aromatic heterocycles. The van der Waals surface area contributed by atoms with Gasteiger partial charge >= 0.3 is 0 Å². The number of anilines is 1. The van der Waals surface area contributed by atoms with Crippen molar-refractivity contribution in [1.29, 1.82) is 0 Å². The van der Waals surface area contributed by atoms with E-state index < -0.39 is 29.1 Å². The zero-order chi connectivity index (χ0) is 24.4. The Bertz CT molecular complexity index is 1140. The van der Waals surface area contributed by atoms with Gasteiger partial charge in [0.1, 0.15) is 28.9 Å². The molecule has 1 aliphatic rings. The lowest BCUT2D eigenvalue weighted by atomic mass is 9.92. The van der Waals surface area contributed by atoms with Crippen molar-refractivity contribution in [3.8, 4) is 17.0 Å². The molecular weight excluding hydrogens is 445 g/mol. The zero-order valence-corrected chi connectivity index (χ0v) is 19.0. The van der Waals surface area contributed by atoms with E-state index in [1.54, 1.807) is 12.4 Å². The van der Waals surface area contributed by atoms with Gasteiger partial charge in [0.05, 0.1) is 18.8 Å². The van der Waals surface area contributed by atoms with E-state index in [9.17, 15) is 18.3 Å². The molecule has 3 atom stereocenters. The van der Waals surface area contributed by atoms with E-state index >= 15 is 0 Å². The normalized spacial score (nSPS) is 20.4. The summed E-state index contributed by atoms with van der Waals surface area (Å²) in [6.07, 6.45) is 3.83. The monoisotopic (exact) mass is 472 g/mol. The number of rotatable bonds is 6. The third-order valence-electron chi connectivity index (χ3n) is 6.22. The minimum absolute atomic E-state index is 0.00121. The standard InChI is InChI=1S/C25H27F3N4O2/c1-14-12-32(13-21(29)25(14)33)22-7-8-30-11-15(22)3-4-16-5-6-18(26)24(31-16)23-19(27)9-17(34-2)10-20(23)28/h5-11,14,21,25,33H,3-4,12-13,29H2,1-2H3/t14-,21+,25+/m0/s1. The predicted octanol–water partition coefficient (Wildman–Crippen LogP) is 3.50. The molecule has 0 amide bonds. The lowest BCUT2D eigenvalue weighted by Crippen LogP contribution is -2.55. The SMILES string of the molecule is COc1cc(F)c(-c2nc(CCc3cnccc3N3C[C@@H](N)[C@H](O)[C@@H](C)C3)ccc2F)c(F)c1. The first kappa shape index (κ1) is 24.0. The summed E-state index contributed by atoms with van der Waals surface area (Å²) in [5, 5.41) is 10.2. The summed E-state index contributed by atoms with van der Waals surface area (Å²) in [5.41, 5.74) is 7.59. The van der Waals surface area contributed by atoms with Crippen LogP contribution in [0, 0.1) is 23.4 Å². The van der Waals surface area contributed by atoms with Crippen LogP contribution in [0.4, 0.5) is 18.9 Å². The second-order valence-corrected chi connectivity index (χ2v) is 8.64. The van der Waals surface area contributed by atoms with Gasteiger partial charge in [-0.3, -0.25) is 4.98 Å². The Morgan fingerprint density at radius 2 is 1.82 bits per heavy atom. The van der Waals surface area contributed by atoms with Gasteiger partial charge in [-0.05, 0) is 36.6 Å². The fourth-order valence-electron chi connectivity index (χ4n) is 4.39. The average Bonchev–Trinajstić information content (AvgIpc) is 2.82. The van der Waals surface area contributed by atoms with E-state index in [1.165, 1.54) is 13.2 Å². The number of hydrogen-bond acceptors (Lipinski definition) is 6. The first-order valence-electron chi connectivity index (χ1n) is 11.1. The molecule has 3 aromatic rings. The molecule has 0 radical (unpaired) electrons. The van der Waals surface area contributed by atoms with Crippen LogP contribution in [0.25, 0.3) is 11.3 Å². The van der Waals surface area contributed by atoms with Gasteiger partial charge < -0.3 is 20.5 Å².